The fourth-order valence-electron chi connectivity index (χ4n) is 3.80. The van der Waals surface area contributed by atoms with Crippen LogP contribution in [0.5, 0.6) is 0 Å². The molecule has 1 aliphatic heterocycles. The Hall–Kier alpha value is -1.36. The number of piperidine rings is 1. The maximum absolute atomic E-state index is 12.7. The first-order valence-corrected chi connectivity index (χ1v) is 10.2. The molecule has 3 rings (SSSR count). The summed E-state index contributed by atoms with van der Waals surface area (Å²) in [7, 11) is -3.27. The van der Waals surface area contributed by atoms with E-state index in [4.69, 9.17) is 0 Å². The number of hydrogen-bond acceptors (Lipinski definition) is 3. The van der Waals surface area contributed by atoms with Crippen LogP contribution in [0.15, 0.2) is 35.2 Å². The molecular formula is C18H25NO3S. The fourth-order valence-corrected chi connectivity index (χ4v) is 5.55. The zero-order valence-corrected chi connectivity index (χ0v) is 14.3. The molecule has 23 heavy (non-hydrogen) atoms. The first kappa shape index (κ1) is 16.5. The predicted molar refractivity (Wildman–Crippen MR) is 89.8 cm³/mol. The van der Waals surface area contributed by atoms with Gasteiger partial charge in [-0.05, 0) is 37.8 Å². The quantitative estimate of drug-likeness (QED) is 0.853. The Labute approximate surface area is 138 Å². The highest BCUT2D eigenvalue weighted by Gasteiger charge is 2.34. The molecule has 0 spiro atoms. The Bertz CT molecular complexity index is 627. The van der Waals surface area contributed by atoms with Crippen LogP contribution in [0.2, 0.25) is 0 Å². The van der Waals surface area contributed by atoms with Crippen LogP contribution >= 0.6 is 0 Å². The number of likely N-dealkylation sites (tertiary alicyclic amines) is 1. The Morgan fingerprint density at radius 3 is 2.13 bits per heavy atom. The summed E-state index contributed by atoms with van der Waals surface area (Å²) in [5.74, 6) is 0.422. The maximum atomic E-state index is 12.7. The molecule has 1 saturated carbocycles. The molecule has 2 aliphatic rings. The van der Waals surface area contributed by atoms with Gasteiger partial charge in [-0.2, -0.15) is 0 Å². The van der Waals surface area contributed by atoms with Crippen molar-refractivity contribution in [3.63, 3.8) is 0 Å². The SMILES string of the molecule is O=C(C1CCCCC1)N1CCC(S(=O)(=O)c2ccccc2)CC1. The molecule has 1 aromatic carbocycles. The summed E-state index contributed by atoms with van der Waals surface area (Å²) in [6, 6.07) is 8.66. The van der Waals surface area contributed by atoms with E-state index in [0.717, 1.165) is 25.7 Å². The summed E-state index contributed by atoms with van der Waals surface area (Å²) < 4.78 is 25.3. The lowest BCUT2D eigenvalue weighted by Gasteiger charge is -2.35. The van der Waals surface area contributed by atoms with Gasteiger partial charge in [0.05, 0.1) is 10.1 Å². The smallest absolute Gasteiger partial charge is 0.225 e. The summed E-state index contributed by atoms with van der Waals surface area (Å²) in [5, 5.41) is -0.361. The minimum Gasteiger partial charge on any atom is -0.342 e. The van der Waals surface area contributed by atoms with Crippen LogP contribution in [-0.2, 0) is 14.6 Å². The van der Waals surface area contributed by atoms with Crippen molar-refractivity contribution in [1.29, 1.82) is 0 Å². The summed E-state index contributed by atoms with van der Waals surface area (Å²) in [6.07, 6.45) is 6.64. The molecule has 1 aliphatic carbocycles. The van der Waals surface area contributed by atoms with Crippen molar-refractivity contribution in [2.75, 3.05) is 13.1 Å². The topological polar surface area (TPSA) is 54.5 Å². The molecule has 0 unspecified atom stereocenters. The van der Waals surface area contributed by atoms with Crippen LogP contribution in [0.25, 0.3) is 0 Å². The van der Waals surface area contributed by atoms with Crippen molar-refractivity contribution in [3.8, 4) is 0 Å². The van der Waals surface area contributed by atoms with Crippen molar-refractivity contribution >= 4 is 15.7 Å². The summed E-state index contributed by atoms with van der Waals surface area (Å²) in [4.78, 5) is 14.9. The van der Waals surface area contributed by atoms with Crippen LogP contribution in [-0.4, -0.2) is 37.6 Å². The van der Waals surface area contributed by atoms with Gasteiger partial charge in [0.1, 0.15) is 0 Å². The number of carbonyl (C=O) groups excluding carboxylic acids is 1. The van der Waals surface area contributed by atoms with Gasteiger partial charge in [-0.3, -0.25) is 4.79 Å². The number of benzene rings is 1. The molecule has 1 aromatic rings. The third-order valence-electron chi connectivity index (χ3n) is 5.22. The first-order chi connectivity index (χ1) is 11.1. The average molecular weight is 335 g/mol. The lowest BCUT2D eigenvalue weighted by molar-refractivity contribution is -0.137. The second kappa shape index (κ2) is 7.04. The van der Waals surface area contributed by atoms with E-state index in [1.807, 2.05) is 11.0 Å². The molecule has 1 amide bonds. The van der Waals surface area contributed by atoms with Gasteiger partial charge >= 0.3 is 0 Å². The molecule has 0 aromatic heterocycles. The molecular weight excluding hydrogens is 310 g/mol. The first-order valence-electron chi connectivity index (χ1n) is 8.67. The summed E-state index contributed by atoms with van der Waals surface area (Å²) in [5.41, 5.74) is 0. The number of sulfone groups is 1. The molecule has 0 bridgehead atoms. The molecule has 1 heterocycles. The Kier molecular flexibility index (Phi) is 5.05. The Morgan fingerprint density at radius 1 is 0.913 bits per heavy atom. The predicted octanol–water partition coefficient (Wildman–Crippen LogP) is 3.03. The number of amides is 1. The van der Waals surface area contributed by atoms with Gasteiger partial charge in [-0.15, -0.1) is 0 Å². The molecule has 4 nitrogen and oxygen atoms in total. The van der Waals surface area contributed by atoms with E-state index in [1.165, 1.54) is 6.42 Å². The summed E-state index contributed by atoms with van der Waals surface area (Å²) >= 11 is 0. The number of nitrogens with zero attached hydrogens (tertiary/aromatic N) is 1. The van der Waals surface area contributed by atoms with Crippen LogP contribution in [0.4, 0.5) is 0 Å². The molecule has 0 radical (unpaired) electrons. The number of hydrogen-bond donors (Lipinski definition) is 0. The van der Waals surface area contributed by atoms with Crippen LogP contribution in [0, 0.1) is 5.92 Å². The van der Waals surface area contributed by atoms with Crippen molar-refractivity contribution in [1.82, 2.24) is 4.90 Å². The summed E-state index contributed by atoms with van der Waals surface area (Å²) in [6.45, 7) is 1.15. The largest absolute Gasteiger partial charge is 0.342 e. The highest BCUT2D eigenvalue weighted by atomic mass is 32.2. The number of rotatable bonds is 3. The lowest BCUT2D eigenvalue weighted by Crippen LogP contribution is -2.45. The van der Waals surface area contributed by atoms with E-state index in [9.17, 15) is 13.2 Å². The number of carbonyl (C=O) groups is 1. The van der Waals surface area contributed by atoms with Crippen LogP contribution in [0.3, 0.4) is 0 Å². The molecule has 0 N–H and O–H groups in total. The molecule has 1 saturated heterocycles. The van der Waals surface area contributed by atoms with Gasteiger partial charge in [0, 0.05) is 19.0 Å². The standard InChI is InChI=1S/C18H25NO3S/c20-18(15-7-3-1-4-8-15)19-13-11-17(12-14-19)23(21,22)16-9-5-2-6-10-16/h2,5-6,9-10,15,17H,1,3-4,7-8,11-14H2. The highest BCUT2D eigenvalue weighted by Crippen LogP contribution is 2.29. The van der Waals surface area contributed by atoms with Crippen molar-refractivity contribution < 1.29 is 13.2 Å². The van der Waals surface area contributed by atoms with Crippen LogP contribution in [0.1, 0.15) is 44.9 Å². The van der Waals surface area contributed by atoms with Gasteiger partial charge in [0.2, 0.25) is 5.91 Å². The zero-order chi connectivity index (χ0) is 16.3. The lowest BCUT2D eigenvalue weighted by atomic mass is 9.88. The molecule has 0 atom stereocenters. The van der Waals surface area contributed by atoms with E-state index in [2.05, 4.69) is 0 Å². The van der Waals surface area contributed by atoms with Gasteiger partial charge in [0.15, 0.2) is 9.84 Å². The minimum atomic E-state index is -3.27. The third kappa shape index (κ3) is 3.60. The van der Waals surface area contributed by atoms with E-state index < -0.39 is 9.84 Å². The van der Waals surface area contributed by atoms with Gasteiger partial charge in [-0.25, -0.2) is 8.42 Å². The molecule has 126 valence electrons. The Balaban J connectivity index is 1.61. The van der Waals surface area contributed by atoms with Crippen LogP contribution < -0.4 is 0 Å². The maximum Gasteiger partial charge on any atom is 0.225 e. The second-order valence-electron chi connectivity index (χ2n) is 6.72. The monoisotopic (exact) mass is 335 g/mol. The molecule has 5 heteroatoms. The zero-order valence-electron chi connectivity index (χ0n) is 13.5. The van der Waals surface area contributed by atoms with Crippen molar-refractivity contribution in [3.05, 3.63) is 30.3 Å². The highest BCUT2D eigenvalue weighted by molar-refractivity contribution is 7.92. The minimum absolute atomic E-state index is 0.172. The average Bonchev–Trinajstić information content (AvgIpc) is 2.63. The van der Waals surface area contributed by atoms with Gasteiger partial charge < -0.3 is 4.90 Å². The van der Waals surface area contributed by atoms with E-state index in [0.29, 0.717) is 30.8 Å². The normalized spacial score (nSPS) is 21.3. The second-order valence-corrected chi connectivity index (χ2v) is 8.95. The van der Waals surface area contributed by atoms with E-state index in [-0.39, 0.29) is 17.1 Å². The van der Waals surface area contributed by atoms with Gasteiger partial charge in [-0.1, -0.05) is 37.5 Å². The van der Waals surface area contributed by atoms with E-state index >= 15 is 0 Å². The van der Waals surface area contributed by atoms with E-state index in [1.54, 1.807) is 24.3 Å². The van der Waals surface area contributed by atoms with Gasteiger partial charge in [0.25, 0.3) is 0 Å². The van der Waals surface area contributed by atoms with Crippen molar-refractivity contribution in [2.45, 2.75) is 55.1 Å². The van der Waals surface area contributed by atoms with Crippen molar-refractivity contribution in [2.24, 2.45) is 5.92 Å². The third-order valence-corrected chi connectivity index (χ3v) is 7.50. The fraction of sp³-hybridized carbons (Fsp3) is 0.611. The molecule has 2 fully saturated rings. The Morgan fingerprint density at radius 2 is 1.52 bits per heavy atom.